The zero-order valence-electron chi connectivity index (χ0n) is 12.8. The van der Waals surface area contributed by atoms with Crippen molar-refractivity contribution in [1.82, 2.24) is 0 Å². The Balaban J connectivity index is 2.08. The molecule has 1 amide bonds. The van der Waals surface area contributed by atoms with E-state index in [9.17, 15) is 4.79 Å². The van der Waals surface area contributed by atoms with E-state index in [1.54, 1.807) is 6.07 Å². The van der Waals surface area contributed by atoms with Crippen LogP contribution in [-0.4, -0.2) is 5.91 Å². The summed E-state index contributed by atoms with van der Waals surface area (Å²) in [6.07, 6.45) is 0. The van der Waals surface area contributed by atoms with E-state index in [1.807, 2.05) is 66.7 Å². The second-order valence-corrected chi connectivity index (χ2v) is 5.48. The molecule has 0 fully saturated rings. The van der Waals surface area contributed by atoms with Gasteiger partial charge in [0, 0.05) is 5.39 Å². The zero-order valence-corrected chi connectivity index (χ0v) is 12.8. The molecular weight excluding hydrogens is 300 g/mol. The van der Waals surface area contributed by atoms with Gasteiger partial charge >= 0.3 is 0 Å². The molecule has 4 rings (SSSR count). The predicted octanol–water partition coefficient (Wildman–Crippen LogP) is 3.92. The first-order valence-corrected chi connectivity index (χ1v) is 7.57. The maximum Gasteiger partial charge on any atom is 0.254 e. The maximum absolute atomic E-state index is 11.9. The van der Waals surface area contributed by atoms with Crippen molar-refractivity contribution in [1.29, 1.82) is 0 Å². The first kappa shape index (κ1) is 14.2. The van der Waals surface area contributed by atoms with Gasteiger partial charge in [-0.3, -0.25) is 4.79 Å². The Hall–Kier alpha value is -3.40. The van der Waals surface area contributed by atoms with E-state index in [4.69, 9.17) is 10.2 Å². The summed E-state index contributed by atoms with van der Waals surface area (Å²) >= 11 is 0. The zero-order chi connectivity index (χ0) is 16.5. The number of carbonyl (C=O) groups is 1. The van der Waals surface area contributed by atoms with Crippen LogP contribution in [0.3, 0.4) is 0 Å². The summed E-state index contributed by atoms with van der Waals surface area (Å²) in [5.41, 5.74) is 7.39. The van der Waals surface area contributed by atoms with Crippen molar-refractivity contribution in [2.45, 2.75) is 0 Å². The van der Waals surface area contributed by atoms with E-state index in [1.165, 1.54) is 0 Å². The normalized spacial score (nSPS) is 11.9. The molecule has 0 aliphatic heterocycles. The largest absolute Gasteiger partial charge is 0.438 e. The number of nitrogens with two attached hydrogens (primary N) is 1. The number of amides is 1. The van der Waals surface area contributed by atoms with E-state index in [0.29, 0.717) is 11.3 Å². The molecule has 24 heavy (non-hydrogen) atoms. The summed E-state index contributed by atoms with van der Waals surface area (Å²) in [5, 5.41) is 2.92. The van der Waals surface area contributed by atoms with Gasteiger partial charge in [-0.15, -0.1) is 0 Å². The van der Waals surface area contributed by atoms with Gasteiger partial charge in [-0.05, 0) is 35.0 Å². The quantitative estimate of drug-likeness (QED) is 0.570. The van der Waals surface area contributed by atoms with Gasteiger partial charge in [0.1, 0.15) is 11.1 Å². The first-order valence-electron chi connectivity index (χ1n) is 7.57. The fourth-order valence-corrected chi connectivity index (χ4v) is 2.76. The highest BCUT2D eigenvalue weighted by Gasteiger charge is 2.11. The van der Waals surface area contributed by atoms with Crippen molar-refractivity contribution < 1.29 is 9.21 Å². The lowest BCUT2D eigenvalue weighted by Crippen LogP contribution is -2.21. The molecule has 4 aromatic rings. The van der Waals surface area contributed by atoms with Crippen molar-refractivity contribution in [3.63, 3.8) is 0 Å². The van der Waals surface area contributed by atoms with Gasteiger partial charge in [-0.2, -0.15) is 0 Å². The molecule has 1 heterocycles. The summed E-state index contributed by atoms with van der Waals surface area (Å²) < 4.78 is 5.90. The van der Waals surface area contributed by atoms with Gasteiger partial charge in [-0.1, -0.05) is 48.5 Å². The van der Waals surface area contributed by atoms with Gasteiger partial charge in [0.15, 0.2) is 0 Å². The number of benzene rings is 3. The average molecular weight is 314 g/mol. The average Bonchev–Trinajstić information content (AvgIpc) is 2.61. The van der Waals surface area contributed by atoms with Gasteiger partial charge < -0.3 is 10.2 Å². The molecule has 0 spiro atoms. The summed E-state index contributed by atoms with van der Waals surface area (Å²) in [4.78, 5) is 16.3. The van der Waals surface area contributed by atoms with Crippen LogP contribution in [0.15, 0.2) is 82.2 Å². The van der Waals surface area contributed by atoms with E-state index in [-0.39, 0.29) is 11.1 Å². The number of nitrogens with zero attached hydrogens (tertiary/aromatic N) is 1. The molecule has 0 aliphatic carbocycles. The van der Waals surface area contributed by atoms with Crippen LogP contribution in [0.4, 0.5) is 5.69 Å². The highest BCUT2D eigenvalue weighted by atomic mass is 16.3. The van der Waals surface area contributed by atoms with Crippen LogP contribution < -0.4 is 11.3 Å². The third-order valence-electron chi connectivity index (χ3n) is 3.91. The van der Waals surface area contributed by atoms with Gasteiger partial charge in [-0.25, -0.2) is 4.99 Å². The second-order valence-electron chi connectivity index (χ2n) is 5.48. The fraction of sp³-hybridized carbons (Fsp3) is 0. The topological polar surface area (TPSA) is 68.6 Å². The molecule has 116 valence electrons. The smallest absolute Gasteiger partial charge is 0.254 e. The van der Waals surface area contributed by atoms with Crippen LogP contribution in [0, 0.1) is 0 Å². The minimum Gasteiger partial charge on any atom is -0.438 e. The van der Waals surface area contributed by atoms with Crippen LogP contribution in [0.2, 0.25) is 0 Å². The molecule has 4 nitrogen and oxygen atoms in total. The monoisotopic (exact) mass is 314 g/mol. The third kappa shape index (κ3) is 2.44. The number of primary amides is 1. The van der Waals surface area contributed by atoms with Gasteiger partial charge in [0.25, 0.3) is 5.91 Å². The SMILES string of the molecule is NC(=O)c1cc2c(ccc3ccccc32)oc1=Nc1ccccc1. The first-order chi connectivity index (χ1) is 11.7. The number of fused-ring (bicyclic) bond motifs is 3. The maximum atomic E-state index is 11.9. The highest BCUT2D eigenvalue weighted by molar-refractivity contribution is 6.07. The second kappa shape index (κ2) is 5.66. The van der Waals surface area contributed by atoms with Crippen LogP contribution in [0.1, 0.15) is 10.4 Å². The predicted molar refractivity (Wildman–Crippen MR) is 93.9 cm³/mol. The summed E-state index contributed by atoms with van der Waals surface area (Å²) in [5.74, 6) is -0.566. The molecule has 0 atom stereocenters. The molecule has 3 aromatic carbocycles. The van der Waals surface area contributed by atoms with Gasteiger partial charge in [0.2, 0.25) is 5.55 Å². The molecule has 0 bridgehead atoms. The Morgan fingerprint density at radius 3 is 2.42 bits per heavy atom. The fourth-order valence-electron chi connectivity index (χ4n) is 2.76. The Kier molecular flexibility index (Phi) is 3.35. The third-order valence-corrected chi connectivity index (χ3v) is 3.91. The minimum absolute atomic E-state index is 0.219. The molecule has 1 aromatic heterocycles. The standard InChI is InChI=1S/C20H14N2O2/c21-19(23)17-12-16-15-9-5-4-6-13(15)10-11-18(16)24-20(17)22-14-7-2-1-3-8-14/h1-12H,(H2,21,23). The molecular formula is C20H14N2O2. The lowest BCUT2D eigenvalue weighted by molar-refractivity contribution is 0.0996. The van der Waals surface area contributed by atoms with Crippen molar-refractivity contribution >= 4 is 33.3 Å². The Morgan fingerprint density at radius 2 is 1.62 bits per heavy atom. The highest BCUT2D eigenvalue weighted by Crippen LogP contribution is 2.25. The number of rotatable bonds is 2. The molecule has 0 unspecified atom stereocenters. The van der Waals surface area contributed by atoms with Crippen LogP contribution in [-0.2, 0) is 0 Å². The molecule has 4 heteroatoms. The van der Waals surface area contributed by atoms with E-state index >= 15 is 0 Å². The number of hydrogen-bond donors (Lipinski definition) is 1. The van der Waals surface area contributed by atoms with Crippen molar-refractivity contribution in [3.8, 4) is 0 Å². The minimum atomic E-state index is -0.566. The van der Waals surface area contributed by atoms with Crippen LogP contribution in [0.25, 0.3) is 21.7 Å². The molecule has 0 radical (unpaired) electrons. The van der Waals surface area contributed by atoms with Crippen molar-refractivity contribution in [2.24, 2.45) is 10.7 Å². The molecule has 0 saturated heterocycles. The van der Waals surface area contributed by atoms with Crippen LogP contribution in [0.5, 0.6) is 0 Å². The van der Waals surface area contributed by atoms with E-state index < -0.39 is 5.91 Å². The van der Waals surface area contributed by atoms with Gasteiger partial charge in [0.05, 0.1) is 5.69 Å². The Labute approximate surface area is 137 Å². The summed E-state index contributed by atoms with van der Waals surface area (Å²) in [7, 11) is 0. The lowest BCUT2D eigenvalue weighted by Gasteiger charge is -2.05. The Morgan fingerprint density at radius 1 is 0.875 bits per heavy atom. The summed E-state index contributed by atoms with van der Waals surface area (Å²) in [6.45, 7) is 0. The number of para-hydroxylation sites is 1. The molecule has 2 N–H and O–H groups in total. The molecule has 0 saturated carbocycles. The molecule has 0 aliphatic rings. The van der Waals surface area contributed by atoms with Crippen molar-refractivity contribution in [3.05, 3.63) is 83.9 Å². The Bertz CT molecular complexity index is 1130. The van der Waals surface area contributed by atoms with Crippen molar-refractivity contribution in [2.75, 3.05) is 0 Å². The van der Waals surface area contributed by atoms with Crippen LogP contribution >= 0.6 is 0 Å². The number of carbonyl (C=O) groups excluding carboxylic acids is 1. The summed E-state index contributed by atoms with van der Waals surface area (Å²) in [6, 6.07) is 22.9. The lowest BCUT2D eigenvalue weighted by atomic mass is 10.0. The van der Waals surface area contributed by atoms with E-state index in [2.05, 4.69) is 4.99 Å². The van der Waals surface area contributed by atoms with E-state index in [0.717, 1.165) is 16.2 Å². The number of hydrogen-bond acceptors (Lipinski definition) is 3.